The quantitative estimate of drug-likeness (QED) is 0.748. The molecule has 0 amide bonds. The van der Waals surface area contributed by atoms with Crippen LogP contribution >= 0.6 is 0 Å². The van der Waals surface area contributed by atoms with E-state index in [9.17, 15) is 14.7 Å². The molecule has 0 radical (unpaired) electrons. The molecule has 122 valence electrons. The van der Waals surface area contributed by atoms with Gasteiger partial charge in [0, 0.05) is 24.7 Å². The molecule has 0 heterocycles. The Morgan fingerprint density at radius 1 is 1.09 bits per heavy atom. The van der Waals surface area contributed by atoms with Gasteiger partial charge in [0.25, 0.3) is 0 Å². The molecule has 0 aliphatic heterocycles. The van der Waals surface area contributed by atoms with Crippen molar-refractivity contribution in [3.8, 4) is 0 Å². The highest BCUT2D eigenvalue weighted by atomic mass is 16.3. The first-order chi connectivity index (χ1) is 10.4. The van der Waals surface area contributed by atoms with Gasteiger partial charge in [0.05, 0.1) is 6.10 Å². The Kier molecular flexibility index (Phi) is 3.15. The lowest BCUT2D eigenvalue weighted by atomic mass is 9.44. The summed E-state index contributed by atoms with van der Waals surface area (Å²) in [5.74, 6) is 2.47. The van der Waals surface area contributed by atoms with Gasteiger partial charge >= 0.3 is 0 Å². The molecule has 3 nitrogen and oxygen atoms in total. The van der Waals surface area contributed by atoms with E-state index in [1.54, 1.807) is 0 Å². The predicted octanol–water partition coefficient (Wildman–Crippen LogP) is 3.14. The summed E-state index contributed by atoms with van der Waals surface area (Å²) in [5.41, 5.74) is -0.183. The average molecular weight is 304 g/mol. The van der Waals surface area contributed by atoms with Crippen molar-refractivity contribution in [2.45, 2.75) is 71.3 Å². The first-order valence-electron chi connectivity index (χ1n) is 9.09. The van der Waals surface area contributed by atoms with Gasteiger partial charge in [-0.3, -0.25) is 9.59 Å². The number of carbonyl (C=O) groups excluding carboxylic acids is 2. The van der Waals surface area contributed by atoms with Gasteiger partial charge in [0.2, 0.25) is 0 Å². The normalized spacial score (nSPS) is 54.6. The topological polar surface area (TPSA) is 54.4 Å². The van der Waals surface area contributed by atoms with Gasteiger partial charge in [-0.25, -0.2) is 0 Å². The van der Waals surface area contributed by atoms with Gasteiger partial charge in [0.1, 0.15) is 11.6 Å². The minimum Gasteiger partial charge on any atom is -0.393 e. The fourth-order valence-electron chi connectivity index (χ4n) is 6.94. The minimum absolute atomic E-state index is 0.100. The van der Waals surface area contributed by atoms with Crippen LogP contribution in [0.5, 0.6) is 0 Å². The fourth-order valence-corrected chi connectivity index (χ4v) is 6.94. The van der Waals surface area contributed by atoms with Crippen LogP contribution < -0.4 is 0 Å². The second-order valence-corrected chi connectivity index (χ2v) is 8.97. The molecule has 0 bridgehead atoms. The molecule has 0 spiro atoms. The maximum Gasteiger partial charge on any atom is 0.139 e. The summed E-state index contributed by atoms with van der Waals surface area (Å²) in [7, 11) is 0. The van der Waals surface area contributed by atoms with Crippen molar-refractivity contribution < 1.29 is 14.7 Å². The number of rotatable bonds is 0. The molecule has 0 aromatic heterocycles. The maximum absolute atomic E-state index is 12.4. The molecule has 4 rings (SSSR count). The summed E-state index contributed by atoms with van der Waals surface area (Å²) in [6.45, 7) is 4.43. The summed E-state index contributed by atoms with van der Waals surface area (Å²) >= 11 is 0. The van der Waals surface area contributed by atoms with E-state index < -0.39 is 0 Å². The Balaban J connectivity index is 1.70. The van der Waals surface area contributed by atoms with E-state index in [1.807, 2.05) is 0 Å². The number of carbonyl (C=O) groups is 2. The van der Waals surface area contributed by atoms with Crippen LogP contribution in [0.2, 0.25) is 0 Å². The smallest absolute Gasteiger partial charge is 0.139 e. The molecule has 7 atom stereocenters. The number of fused-ring (bicyclic) bond motifs is 5. The highest BCUT2D eigenvalue weighted by molar-refractivity contribution is 5.87. The Morgan fingerprint density at radius 2 is 1.86 bits per heavy atom. The molecule has 4 aliphatic rings. The largest absolute Gasteiger partial charge is 0.393 e. The van der Waals surface area contributed by atoms with Gasteiger partial charge in [-0.2, -0.15) is 0 Å². The Hall–Kier alpha value is -0.700. The van der Waals surface area contributed by atoms with Crippen LogP contribution in [0.4, 0.5) is 0 Å². The molecule has 0 aromatic rings. The number of aliphatic hydroxyl groups excluding tert-OH is 1. The van der Waals surface area contributed by atoms with Crippen LogP contribution in [0.15, 0.2) is 0 Å². The lowest BCUT2D eigenvalue weighted by Gasteiger charge is -2.60. The number of ketones is 2. The minimum atomic E-state index is -0.366. The molecule has 4 fully saturated rings. The zero-order valence-corrected chi connectivity index (χ0v) is 13.8. The van der Waals surface area contributed by atoms with E-state index in [4.69, 9.17) is 0 Å². The van der Waals surface area contributed by atoms with Crippen molar-refractivity contribution in [2.24, 2.45) is 34.5 Å². The molecule has 4 aliphatic carbocycles. The first kappa shape index (κ1) is 14.9. The summed E-state index contributed by atoms with van der Waals surface area (Å²) < 4.78 is 0. The predicted molar refractivity (Wildman–Crippen MR) is 83.1 cm³/mol. The van der Waals surface area contributed by atoms with E-state index in [2.05, 4.69) is 13.8 Å². The van der Waals surface area contributed by atoms with E-state index in [0.29, 0.717) is 60.9 Å². The van der Waals surface area contributed by atoms with Gasteiger partial charge in [-0.1, -0.05) is 13.8 Å². The highest BCUT2D eigenvalue weighted by Gasteiger charge is 2.63. The molecular weight excluding hydrogens is 276 g/mol. The molecule has 3 heteroatoms. The van der Waals surface area contributed by atoms with Crippen LogP contribution in [-0.2, 0) is 9.59 Å². The molecule has 4 saturated carbocycles. The Morgan fingerprint density at radius 3 is 2.64 bits per heavy atom. The fraction of sp³-hybridized carbons (Fsp3) is 0.895. The van der Waals surface area contributed by atoms with E-state index in [-0.39, 0.29) is 16.9 Å². The average Bonchev–Trinajstić information content (AvgIpc) is 2.75. The number of aliphatic hydroxyl groups is 1. The van der Waals surface area contributed by atoms with Crippen molar-refractivity contribution >= 4 is 11.6 Å². The summed E-state index contributed by atoms with van der Waals surface area (Å²) in [4.78, 5) is 24.3. The number of hydrogen-bond acceptors (Lipinski definition) is 3. The number of hydrogen-bond donors (Lipinski definition) is 1. The Labute approximate surface area is 132 Å². The van der Waals surface area contributed by atoms with Gasteiger partial charge in [0.15, 0.2) is 0 Å². The summed E-state index contributed by atoms with van der Waals surface area (Å²) in [6.07, 6.45) is 6.55. The van der Waals surface area contributed by atoms with Crippen molar-refractivity contribution in [1.82, 2.24) is 0 Å². The third-order valence-electron chi connectivity index (χ3n) is 8.12. The monoisotopic (exact) mass is 304 g/mol. The zero-order valence-electron chi connectivity index (χ0n) is 13.8. The second-order valence-electron chi connectivity index (χ2n) is 8.97. The van der Waals surface area contributed by atoms with Crippen LogP contribution in [0.1, 0.15) is 65.2 Å². The van der Waals surface area contributed by atoms with Crippen LogP contribution in [0.3, 0.4) is 0 Å². The van der Waals surface area contributed by atoms with Crippen LogP contribution in [-0.4, -0.2) is 22.8 Å². The molecular formula is C19H28O3. The van der Waals surface area contributed by atoms with Crippen molar-refractivity contribution in [3.05, 3.63) is 0 Å². The summed E-state index contributed by atoms with van der Waals surface area (Å²) in [6, 6.07) is 0. The third kappa shape index (κ3) is 1.78. The molecule has 0 aromatic carbocycles. The lowest BCUT2D eigenvalue weighted by Crippen LogP contribution is -2.58. The van der Waals surface area contributed by atoms with Gasteiger partial charge in [-0.05, 0) is 61.2 Å². The van der Waals surface area contributed by atoms with Crippen LogP contribution in [0.25, 0.3) is 0 Å². The SMILES string of the molecule is CC12C[C@H](O)C3C(CCC4CC(=O)CC[C@@]43C)C1CCC2=O. The van der Waals surface area contributed by atoms with E-state index >= 15 is 0 Å². The molecule has 0 saturated heterocycles. The van der Waals surface area contributed by atoms with Crippen LogP contribution in [0, 0.1) is 34.5 Å². The zero-order chi connectivity index (χ0) is 15.7. The molecule has 5 unspecified atom stereocenters. The maximum atomic E-state index is 12.4. The third-order valence-corrected chi connectivity index (χ3v) is 8.12. The highest BCUT2D eigenvalue weighted by Crippen LogP contribution is 2.65. The molecule has 22 heavy (non-hydrogen) atoms. The van der Waals surface area contributed by atoms with Crippen molar-refractivity contribution in [2.75, 3.05) is 0 Å². The van der Waals surface area contributed by atoms with Crippen molar-refractivity contribution in [1.29, 1.82) is 0 Å². The lowest BCUT2D eigenvalue weighted by molar-refractivity contribution is -0.171. The standard InChI is InChI=1S/C19H28O3/c1-18-8-7-12(20)9-11(18)3-4-13-14-5-6-16(22)19(14,2)10-15(21)17(13)18/h11,13-15,17,21H,3-10H2,1-2H3/t11?,13?,14?,15-,17?,18-,19?/m0/s1. The van der Waals surface area contributed by atoms with Gasteiger partial charge in [-0.15, -0.1) is 0 Å². The van der Waals surface area contributed by atoms with Crippen molar-refractivity contribution in [3.63, 3.8) is 0 Å². The second kappa shape index (κ2) is 4.66. The summed E-state index contributed by atoms with van der Waals surface area (Å²) in [5, 5.41) is 11.0. The van der Waals surface area contributed by atoms with Gasteiger partial charge < -0.3 is 5.11 Å². The first-order valence-corrected chi connectivity index (χ1v) is 9.09. The molecule has 1 N–H and O–H groups in total. The van der Waals surface area contributed by atoms with E-state index in [1.165, 1.54) is 0 Å². The Bertz CT molecular complexity index is 527. The van der Waals surface area contributed by atoms with E-state index in [0.717, 1.165) is 25.7 Å². The number of Topliss-reactive ketones (excluding diaryl/α,β-unsaturated/α-hetero) is 2.